The first-order valence-electron chi connectivity index (χ1n) is 6.23. The van der Waals surface area contributed by atoms with E-state index in [9.17, 15) is 4.79 Å². The van der Waals surface area contributed by atoms with Crippen molar-refractivity contribution in [2.75, 3.05) is 0 Å². The largest absolute Gasteiger partial charge is 0.332 e. The molecule has 0 radical (unpaired) electrons. The minimum atomic E-state index is 0.480. The van der Waals surface area contributed by atoms with Gasteiger partial charge in [0.05, 0.1) is 5.69 Å². The Morgan fingerprint density at radius 3 is 2.94 bits per heavy atom. The van der Waals surface area contributed by atoms with Crippen molar-refractivity contribution in [1.82, 2.24) is 9.55 Å². The maximum Gasteiger partial charge on any atom is 0.126 e. The van der Waals surface area contributed by atoms with Gasteiger partial charge in [0.25, 0.3) is 0 Å². The molecular weight excluding hydrogens is 200 g/mol. The molecule has 0 atom stereocenters. The maximum absolute atomic E-state index is 10.6. The van der Waals surface area contributed by atoms with E-state index >= 15 is 0 Å². The molecule has 1 aromatic heterocycles. The number of nitrogens with zero attached hydrogens (tertiary/aromatic N) is 2. The van der Waals surface area contributed by atoms with Gasteiger partial charge >= 0.3 is 0 Å². The van der Waals surface area contributed by atoms with E-state index < -0.39 is 0 Å². The topological polar surface area (TPSA) is 34.9 Å². The average Bonchev–Trinajstić information content (AvgIpc) is 2.58. The number of aldehydes is 1. The molecule has 0 spiro atoms. The zero-order chi connectivity index (χ0) is 11.5. The highest BCUT2D eigenvalue weighted by atomic mass is 16.1. The number of hydrogen-bond donors (Lipinski definition) is 0. The van der Waals surface area contributed by atoms with Gasteiger partial charge in [-0.1, -0.05) is 13.8 Å². The Kier molecular flexibility index (Phi) is 3.42. The number of carbonyl (C=O) groups is 1. The third kappa shape index (κ3) is 2.18. The molecule has 1 aliphatic rings. The van der Waals surface area contributed by atoms with Crippen LogP contribution in [0.5, 0.6) is 0 Å². The van der Waals surface area contributed by atoms with Crippen LogP contribution in [0, 0.1) is 5.92 Å². The summed E-state index contributed by atoms with van der Waals surface area (Å²) in [5, 5.41) is 0. The van der Waals surface area contributed by atoms with Gasteiger partial charge in [-0.25, -0.2) is 4.98 Å². The molecule has 0 saturated carbocycles. The number of rotatable bonds is 4. The first-order chi connectivity index (χ1) is 7.72. The molecule has 2 rings (SSSR count). The van der Waals surface area contributed by atoms with Crippen molar-refractivity contribution in [2.24, 2.45) is 5.92 Å². The summed E-state index contributed by atoms with van der Waals surface area (Å²) in [4.78, 5) is 15.3. The van der Waals surface area contributed by atoms with Crippen molar-refractivity contribution >= 4 is 6.29 Å². The van der Waals surface area contributed by atoms with Crippen LogP contribution in [0.4, 0.5) is 0 Å². The van der Waals surface area contributed by atoms with Crippen molar-refractivity contribution in [3.8, 4) is 0 Å². The van der Waals surface area contributed by atoms with Crippen LogP contribution in [0.2, 0.25) is 0 Å². The Labute approximate surface area is 96.9 Å². The molecule has 1 aromatic rings. The van der Waals surface area contributed by atoms with E-state index in [-0.39, 0.29) is 0 Å². The van der Waals surface area contributed by atoms with Gasteiger partial charge in [-0.15, -0.1) is 0 Å². The molecule has 2 heterocycles. The van der Waals surface area contributed by atoms with Crippen molar-refractivity contribution in [2.45, 2.75) is 52.5 Å². The molecule has 0 unspecified atom stereocenters. The molecular formula is C13H20N2O. The zero-order valence-corrected chi connectivity index (χ0v) is 10.2. The highest BCUT2D eigenvalue weighted by Crippen LogP contribution is 2.22. The standard InChI is InChI=1S/C13H20N2O/c1-10(2)9-13-14-11(6-8-16)12-5-3-4-7-15(12)13/h8,10H,3-7,9H2,1-2H3. The zero-order valence-electron chi connectivity index (χ0n) is 10.2. The summed E-state index contributed by atoms with van der Waals surface area (Å²) >= 11 is 0. The van der Waals surface area contributed by atoms with Crippen molar-refractivity contribution < 1.29 is 4.79 Å². The molecule has 16 heavy (non-hydrogen) atoms. The molecule has 0 saturated heterocycles. The van der Waals surface area contributed by atoms with Gasteiger partial charge in [0.15, 0.2) is 0 Å². The fourth-order valence-corrected chi connectivity index (χ4v) is 2.46. The van der Waals surface area contributed by atoms with E-state index in [1.807, 2.05) is 0 Å². The van der Waals surface area contributed by atoms with Gasteiger partial charge in [0.2, 0.25) is 0 Å². The summed E-state index contributed by atoms with van der Waals surface area (Å²) in [6, 6.07) is 0. The van der Waals surface area contributed by atoms with E-state index in [4.69, 9.17) is 0 Å². The molecule has 0 aliphatic carbocycles. The second-order valence-electron chi connectivity index (χ2n) is 5.00. The van der Waals surface area contributed by atoms with Gasteiger partial charge < -0.3 is 9.36 Å². The number of fused-ring (bicyclic) bond motifs is 1. The Balaban J connectivity index is 2.33. The van der Waals surface area contributed by atoms with E-state index in [0.29, 0.717) is 12.3 Å². The lowest BCUT2D eigenvalue weighted by atomic mass is 10.1. The Bertz CT molecular complexity index is 380. The second kappa shape index (κ2) is 4.81. The Morgan fingerprint density at radius 2 is 2.25 bits per heavy atom. The summed E-state index contributed by atoms with van der Waals surface area (Å²) < 4.78 is 2.35. The van der Waals surface area contributed by atoms with Gasteiger partial charge in [0, 0.05) is 25.1 Å². The van der Waals surface area contributed by atoms with Crippen LogP contribution in [0.1, 0.15) is 43.9 Å². The van der Waals surface area contributed by atoms with Crippen LogP contribution in [0.15, 0.2) is 0 Å². The quantitative estimate of drug-likeness (QED) is 0.729. The van der Waals surface area contributed by atoms with E-state index in [2.05, 4.69) is 23.4 Å². The summed E-state index contributed by atoms with van der Waals surface area (Å²) in [5.41, 5.74) is 2.33. The number of carbonyl (C=O) groups excluding carboxylic acids is 1. The fraction of sp³-hybridized carbons (Fsp3) is 0.692. The molecule has 0 bridgehead atoms. The normalized spacial score (nSPS) is 15.2. The van der Waals surface area contributed by atoms with E-state index in [0.717, 1.165) is 31.4 Å². The predicted octanol–water partition coefficient (Wildman–Crippen LogP) is 2.16. The van der Waals surface area contributed by atoms with Crippen LogP contribution in [0.25, 0.3) is 0 Å². The maximum atomic E-state index is 10.6. The van der Waals surface area contributed by atoms with Crippen molar-refractivity contribution in [3.05, 3.63) is 17.2 Å². The average molecular weight is 220 g/mol. The highest BCUT2D eigenvalue weighted by molar-refractivity contribution is 5.54. The molecule has 0 aromatic carbocycles. The lowest BCUT2D eigenvalue weighted by molar-refractivity contribution is -0.107. The van der Waals surface area contributed by atoms with E-state index in [1.54, 1.807) is 0 Å². The summed E-state index contributed by atoms with van der Waals surface area (Å²) in [6.07, 6.45) is 6.04. The molecule has 88 valence electrons. The minimum absolute atomic E-state index is 0.480. The molecule has 1 aliphatic heterocycles. The highest BCUT2D eigenvalue weighted by Gasteiger charge is 2.19. The van der Waals surface area contributed by atoms with Crippen LogP contribution in [-0.2, 0) is 30.6 Å². The lowest BCUT2D eigenvalue weighted by Crippen LogP contribution is -2.14. The minimum Gasteiger partial charge on any atom is -0.332 e. The first kappa shape index (κ1) is 11.4. The van der Waals surface area contributed by atoms with Gasteiger partial charge in [-0.2, -0.15) is 0 Å². The molecule has 3 heteroatoms. The monoisotopic (exact) mass is 220 g/mol. The van der Waals surface area contributed by atoms with Gasteiger partial charge in [-0.3, -0.25) is 0 Å². The molecule has 3 nitrogen and oxygen atoms in total. The number of aromatic nitrogens is 2. The molecule has 0 amide bonds. The Morgan fingerprint density at radius 1 is 1.44 bits per heavy atom. The predicted molar refractivity (Wildman–Crippen MR) is 63.5 cm³/mol. The van der Waals surface area contributed by atoms with Crippen molar-refractivity contribution in [1.29, 1.82) is 0 Å². The molecule has 0 N–H and O–H groups in total. The third-order valence-electron chi connectivity index (χ3n) is 3.15. The summed E-state index contributed by atoms with van der Waals surface area (Å²) in [5.74, 6) is 1.80. The third-order valence-corrected chi connectivity index (χ3v) is 3.15. The lowest BCUT2D eigenvalue weighted by Gasteiger charge is -2.17. The van der Waals surface area contributed by atoms with Gasteiger partial charge in [0.1, 0.15) is 12.1 Å². The summed E-state index contributed by atoms with van der Waals surface area (Å²) in [6.45, 7) is 5.51. The smallest absolute Gasteiger partial charge is 0.126 e. The SMILES string of the molecule is CC(C)Cc1nc(CC=O)c2n1CCCC2. The van der Waals surface area contributed by atoms with E-state index in [1.165, 1.54) is 24.4 Å². The molecule has 0 fully saturated rings. The Hall–Kier alpha value is -1.12. The fourth-order valence-electron chi connectivity index (χ4n) is 2.46. The number of hydrogen-bond acceptors (Lipinski definition) is 2. The van der Waals surface area contributed by atoms with Crippen LogP contribution in [-0.4, -0.2) is 15.8 Å². The van der Waals surface area contributed by atoms with Crippen molar-refractivity contribution in [3.63, 3.8) is 0 Å². The van der Waals surface area contributed by atoms with Crippen LogP contribution < -0.4 is 0 Å². The van der Waals surface area contributed by atoms with Gasteiger partial charge in [-0.05, 0) is 25.2 Å². The van der Waals surface area contributed by atoms with Crippen LogP contribution in [0.3, 0.4) is 0 Å². The second-order valence-corrected chi connectivity index (χ2v) is 5.00. The number of imidazole rings is 1. The van der Waals surface area contributed by atoms with Crippen LogP contribution >= 0.6 is 0 Å². The summed E-state index contributed by atoms with van der Waals surface area (Å²) in [7, 11) is 0. The first-order valence-corrected chi connectivity index (χ1v) is 6.23.